The summed E-state index contributed by atoms with van der Waals surface area (Å²) in [5.41, 5.74) is 3.94. The lowest BCUT2D eigenvalue weighted by molar-refractivity contribution is -0.140. The van der Waals surface area contributed by atoms with Crippen LogP contribution in [-0.4, -0.2) is 11.4 Å². The van der Waals surface area contributed by atoms with E-state index in [1.165, 1.54) is 0 Å². The number of rotatable bonds is 7. The second kappa shape index (κ2) is 7.73. The van der Waals surface area contributed by atoms with Gasteiger partial charge < -0.3 is 0 Å². The number of nitrogens with one attached hydrogen (secondary N) is 2. The molecule has 0 aliphatic carbocycles. The summed E-state index contributed by atoms with van der Waals surface area (Å²) in [5.74, 6) is -0.195. The van der Waals surface area contributed by atoms with Crippen LogP contribution in [0.2, 0.25) is 0 Å². The minimum Gasteiger partial charge on any atom is -0.300 e. The maximum atomic E-state index is 12.2. The van der Waals surface area contributed by atoms with E-state index in [4.69, 9.17) is 4.84 Å². The van der Waals surface area contributed by atoms with Crippen LogP contribution >= 0.6 is 0 Å². The molecule has 2 aromatic carbocycles. The van der Waals surface area contributed by atoms with Gasteiger partial charge >= 0.3 is 0 Å². The fourth-order valence-electron chi connectivity index (χ4n) is 1.89. The molecular weight excluding hydrogens is 276 g/mol. The SMILES string of the molecule is CC(C)(NCc1ccccc1)C(=O)NOCc1ccccc1. The number of carbonyl (C=O) groups excluding carboxylic acids is 1. The number of hydrogen-bond acceptors (Lipinski definition) is 3. The van der Waals surface area contributed by atoms with E-state index >= 15 is 0 Å². The molecule has 4 nitrogen and oxygen atoms in total. The summed E-state index contributed by atoms with van der Waals surface area (Å²) in [7, 11) is 0. The Morgan fingerprint density at radius 2 is 1.50 bits per heavy atom. The summed E-state index contributed by atoms with van der Waals surface area (Å²) in [6.45, 7) is 4.63. The number of carbonyl (C=O) groups is 1. The summed E-state index contributed by atoms with van der Waals surface area (Å²) >= 11 is 0. The Morgan fingerprint density at radius 3 is 2.09 bits per heavy atom. The molecule has 2 rings (SSSR count). The zero-order chi connectivity index (χ0) is 15.8. The van der Waals surface area contributed by atoms with Crippen molar-refractivity contribution in [2.45, 2.75) is 32.5 Å². The maximum absolute atomic E-state index is 12.2. The first kappa shape index (κ1) is 16.2. The van der Waals surface area contributed by atoms with Gasteiger partial charge in [-0.2, -0.15) is 0 Å². The first-order valence-electron chi connectivity index (χ1n) is 7.33. The summed E-state index contributed by atoms with van der Waals surface area (Å²) in [4.78, 5) is 17.5. The average Bonchev–Trinajstić information content (AvgIpc) is 2.55. The van der Waals surface area contributed by atoms with Crippen molar-refractivity contribution in [1.82, 2.24) is 10.8 Å². The molecule has 0 aromatic heterocycles. The summed E-state index contributed by atoms with van der Waals surface area (Å²) in [6, 6.07) is 19.7. The second-order valence-electron chi connectivity index (χ2n) is 5.67. The molecule has 0 bridgehead atoms. The topological polar surface area (TPSA) is 50.4 Å². The Hall–Kier alpha value is -2.17. The van der Waals surface area contributed by atoms with Gasteiger partial charge in [-0.3, -0.25) is 14.9 Å². The Kier molecular flexibility index (Phi) is 5.69. The van der Waals surface area contributed by atoms with Crippen molar-refractivity contribution in [3.8, 4) is 0 Å². The van der Waals surface area contributed by atoms with E-state index in [9.17, 15) is 4.79 Å². The van der Waals surface area contributed by atoms with Gasteiger partial charge in [0.15, 0.2) is 0 Å². The highest BCUT2D eigenvalue weighted by molar-refractivity contribution is 5.84. The lowest BCUT2D eigenvalue weighted by Gasteiger charge is -2.25. The molecule has 0 aliphatic rings. The Morgan fingerprint density at radius 1 is 0.955 bits per heavy atom. The quantitative estimate of drug-likeness (QED) is 0.773. The number of hydroxylamine groups is 1. The van der Waals surface area contributed by atoms with E-state index in [1.54, 1.807) is 0 Å². The highest BCUT2D eigenvalue weighted by Gasteiger charge is 2.27. The number of benzene rings is 2. The van der Waals surface area contributed by atoms with Gasteiger partial charge in [-0.1, -0.05) is 60.7 Å². The van der Waals surface area contributed by atoms with Gasteiger partial charge in [-0.05, 0) is 25.0 Å². The van der Waals surface area contributed by atoms with Crippen molar-refractivity contribution < 1.29 is 9.63 Å². The van der Waals surface area contributed by atoms with Crippen LogP contribution in [0.25, 0.3) is 0 Å². The van der Waals surface area contributed by atoms with Gasteiger partial charge in [0.25, 0.3) is 5.91 Å². The first-order valence-corrected chi connectivity index (χ1v) is 7.33. The van der Waals surface area contributed by atoms with Crippen molar-refractivity contribution in [3.05, 3.63) is 71.8 Å². The molecule has 0 heterocycles. The third-order valence-corrected chi connectivity index (χ3v) is 3.39. The minimum atomic E-state index is -0.716. The fraction of sp³-hybridized carbons (Fsp3) is 0.278. The van der Waals surface area contributed by atoms with Gasteiger partial charge in [0, 0.05) is 6.54 Å². The molecule has 4 heteroatoms. The molecule has 0 aliphatic heterocycles. The van der Waals surface area contributed by atoms with E-state index in [2.05, 4.69) is 10.8 Å². The maximum Gasteiger partial charge on any atom is 0.263 e. The molecule has 1 amide bonds. The molecule has 0 spiro atoms. The van der Waals surface area contributed by atoms with Crippen LogP contribution in [0.5, 0.6) is 0 Å². The molecule has 0 unspecified atom stereocenters. The standard InChI is InChI=1S/C18H22N2O2/c1-18(2,19-13-15-9-5-3-6-10-15)17(21)20-22-14-16-11-7-4-8-12-16/h3-12,19H,13-14H2,1-2H3,(H,20,21). The second-order valence-corrected chi connectivity index (χ2v) is 5.67. The van der Waals surface area contributed by atoms with Gasteiger partial charge in [-0.15, -0.1) is 0 Å². The van der Waals surface area contributed by atoms with Gasteiger partial charge in [0.2, 0.25) is 0 Å². The summed E-state index contributed by atoms with van der Waals surface area (Å²) < 4.78 is 0. The van der Waals surface area contributed by atoms with Gasteiger partial charge in [-0.25, -0.2) is 5.48 Å². The number of amides is 1. The van der Waals surface area contributed by atoms with Crippen molar-refractivity contribution in [1.29, 1.82) is 0 Å². The molecule has 2 aromatic rings. The third-order valence-electron chi connectivity index (χ3n) is 3.39. The van der Waals surface area contributed by atoms with Crippen molar-refractivity contribution in [2.24, 2.45) is 0 Å². The Balaban J connectivity index is 1.77. The fourth-order valence-corrected chi connectivity index (χ4v) is 1.89. The molecule has 22 heavy (non-hydrogen) atoms. The summed E-state index contributed by atoms with van der Waals surface area (Å²) in [5, 5.41) is 3.23. The predicted octanol–water partition coefficient (Wildman–Crippen LogP) is 2.80. The third kappa shape index (κ3) is 4.98. The van der Waals surface area contributed by atoms with E-state index in [0.717, 1.165) is 11.1 Å². The minimum absolute atomic E-state index is 0.195. The first-order chi connectivity index (χ1) is 10.6. The predicted molar refractivity (Wildman–Crippen MR) is 86.7 cm³/mol. The van der Waals surface area contributed by atoms with Crippen LogP contribution in [0.15, 0.2) is 60.7 Å². The lowest BCUT2D eigenvalue weighted by atomic mass is 10.0. The summed E-state index contributed by atoms with van der Waals surface area (Å²) in [6.07, 6.45) is 0. The lowest BCUT2D eigenvalue weighted by Crippen LogP contribution is -2.52. The zero-order valence-electron chi connectivity index (χ0n) is 13.0. The van der Waals surface area contributed by atoms with Gasteiger partial charge in [0.05, 0.1) is 12.1 Å². The van der Waals surface area contributed by atoms with E-state index in [1.807, 2.05) is 74.5 Å². The molecule has 0 atom stereocenters. The van der Waals surface area contributed by atoms with Crippen LogP contribution in [0.1, 0.15) is 25.0 Å². The zero-order valence-corrected chi connectivity index (χ0v) is 13.0. The van der Waals surface area contributed by atoms with E-state index in [-0.39, 0.29) is 5.91 Å². The highest BCUT2D eigenvalue weighted by Crippen LogP contribution is 2.06. The largest absolute Gasteiger partial charge is 0.300 e. The Bertz CT molecular complexity index is 583. The van der Waals surface area contributed by atoms with Crippen LogP contribution in [-0.2, 0) is 22.8 Å². The normalized spacial score (nSPS) is 11.2. The van der Waals surface area contributed by atoms with Gasteiger partial charge in [0.1, 0.15) is 0 Å². The van der Waals surface area contributed by atoms with Crippen LogP contribution in [0.4, 0.5) is 0 Å². The van der Waals surface area contributed by atoms with Crippen LogP contribution in [0, 0.1) is 0 Å². The van der Waals surface area contributed by atoms with Crippen LogP contribution < -0.4 is 10.8 Å². The Labute approximate surface area is 131 Å². The van der Waals surface area contributed by atoms with Crippen molar-refractivity contribution in [2.75, 3.05) is 0 Å². The van der Waals surface area contributed by atoms with E-state index in [0.29, 0.717) is 13.2 Å². The van der Waals surface area contributed by atoms with E-state index < -0.39 is 5.54 Å². The average molecular weight is 298 g/mol. The van der Waals surface area contributed by atoms with Crippen molar-refractivity contribution >= 4 is 5.91 Å². The smallest absolute Gasteiger partial charge is 0.263 e. The molecular formula is C18H22N2O2. The highest BCUT2D eigenvalue weighted by atomic mass is 16.6. The molecule has 0 saturated heterocycles. The molecule has 0 fully saturated rings. The number of hydrogen-bond donors (Lipinski definition) is 2. The molecule has 0 saturated carbocycles. The molecule has 0 radical (unpaired) electrons. The van der Waals surface area contributed by atoms with Crippen LogP contribution in [0.3, 0.4) is 0 Å². The molecule has 116 valence electrons. The molecule has 2 N–H and O–H groups in total. The van der Waals surface area contributed by atoms with Crippen molar-refractivity contribution in [3.63, 3.8) is 0 Å². The monoisotopic (exact) mass is 298 g/mol.